The predicted octanol–water partition coefficient (Wildman–Crippen LogP) is 6.79. The summed E-state index contributed by atoms with van der Waals surface area (Å²) in [7, 11) is 1.50. The molecule has 48 heavy (non-hydrogen) atoms. The summed E-state index contributed by atoms with van der Waals surface area (Å²) in [5, 5.41) is 0.0541. The van der Waals surface area contributed by atoms with Crippen LogP contribution in [-0.2, 0) is 15.7 Å². The van der Waals surface area contributed by atoms with Crippen molar-refractivity contribution in [2.45, 2.75) is 36.3 Å². The van der Waals surface area contributed by atoms with Gasteiger partial charge in [-0.15, -0.1) is 0 Å². The molecule has 1 aliphatic heterocycles. The van der Waals surface area contributed by atoms with Crippen LogP contribution in [-0.4, -0.2) is 34.2 Å². The fraction of sp³-hybridized carbons (Fsp3) is 0.182. The summed E-state index contributed by atoms with van der Waals surface area (Å²) in [5.74, 6) is 0.102. The second-order valence-electron chi connectivity index (χ2n) is 10.2. The molecule has 2 aromatic carbocycles. The third-order valence-electron chi connectivity index (χ3n) is 7.14. The van der Waals surface area contributed by atoms with Crippen molar-refractivity contribution < 1.29 is 31.9 Å². The number of thiazole rings is 1. The van der Waals surface area contributed by atoms with Crippen LogP contribution >= 0.6 is 39.0 Å². The zero-order valence-electron chi connectivity index (χ0n) is 25.4. The molecular formula is C33H24BrF3N4O5S2. The van der Waals surface area contributed by atoms with E-state index < -0.39 is 29.4 Å². The van der Waals surface area contributed by atoms with Crippen molar-refractivity contribution >= 4 is 51.1 Å². The van der Waals surface area contributed by atoms with Crippen LogP contribution in [0.2, 0.25) is 0 Å². The summed E-state index contributed by atoms with van der Waals surface area (Å²) in [6.45, 7) is 3.49. The maximum absolute atomic E-state index is 14.0. The number of ether oxygens (including phenoxy) is 2. The van der Waals surface area contributed by atoms with Crippen LogP contribution in [0.25, 0.3) is 17.3 Å². The van der Waals surface area contributed by atoms with E-state index in [1.807, 2.05) is 0 Å². The summed E-state index contributed by atoms with van der Waals surface area (Å²) in [4.78, 5) is 40.2. The highest BCUT2D eigenvalue weighted by Gasteiger charge is 2.36. The molecule has 5 aromatic rings. The van der Waals surface area contributed by atoms with Gasteiger partial charge in [-0.2, -0.15) is 13.2 Å². The van der Waals surface area contributed by atoms with E-state index in [9.17, 15) is 22.8 Å². The lowest BCUT2D eigenvalue weighted by molar-refractivity contribution is -0.141. The molecule has 0 N–H and O–H groups in total. The van der Waals surface area contributed by atoms with Crippen molar-refractivity contribution in [2.24, 2.45) is 4.99 Å². The zero-order chi connectivity index (χ0) is 34.2. The smallest absolute Gasteiger partial charge is 0.433 e. The number of methoxy groups -OCH3 is 1. The second-order valence-corrected chi connectivity index (χ2v) is 13.1. The first kappa shape index (κ1) is 33.4. The number of carbonyl (C=O) groups is 1. The van der Waals surface area contributed by atoms with Gasteiger partial charge >= 0.3 is 12.1 Å². The van der Waals surface area contributed by atoms with Gasteiger partial charge in [0.25, 0.3) is 5.56 Å². The van der Waals surface area contributed by atoms with Crippen molar-refractivity contribution in [3.63, 3.8) is 0 Å². The molecule has 0 radical (unpaired) electrons. The number of nitrogens with zero attached hydrogens (tertiary/aromatic N) is 4. The molecule has 0 spiro atoms. The Bertz CT molecular complexity index is 2250. The van der Waals surface area contributed by atoms with Crippen LogP contribution in [0.3, 0.4) is 0 Å². The lowest BCUT2D eigenvalue weighted by Crippen LogP contribution is -2.40. The fourth-order valence-electron chi connectivity index (χ4n) is 5.06. The Morgan fingerprint density at radius 3 is 2.60 bits per heavy atom. The molecule has 0 fully saturated rings. The van der Waals surface area contributed by atoms with E-state index in [-0.39, 0.29) is 38.4 Å². The Morgan fingerprint density at radius 1 is 1.12 bits per heavy atom. The molecule has 0 aliphatic carbocycles. The van der Waals surface area contributed by atoms with Crippen molar-refractivity contribution in [3.8, 4) is 17.0 Å². The second kappa shape index (κ2) is 13.6. The van der Waals surface area contributed by atoms with E-state index in [0.717, 1.165) is 29.2 Å². The molecule has 3 aromatic heterocycles. The number of hydrogen-bond donors (Lipinski definition) is 0. The van der Waals surface area contributed by atoms with Crippen LogP contribution in [0.15, 0.2) is 107 Å². The van der Waals surface area contributed by atoms with Gasteiger partial charge < -0.3 is 13.9 Å². The Kier molecular flexibility index (Phi) is 9.45. The van der Waals surface area contributed by atoms with E-state index in [1.54, 1.807) is 74.5 Å². The highest BCUT2D eigenvalue weighted by molar-refractivity contribution is 9.10. The summed E-state index contributed by atoms with van der Waals surface area (Å²) in [5.41, 5.74) is 0.218. The van der Waals surface area contributed by atoms with Gasteiger partial charge in [-0.05, 0) is 62.0 Å². The Balaban J connectivity index is 1.40. The molecule has 246 valence electrons. The first-order chi connectivity index (χ1) is 23.0. The Hall–Kier alpha value is -4.47. The summed E-state index contributed by atoms with van der Waals surface area (Å²) < 4.78 is 60.4. The molecule has 0 saturated heterocycles. The minimum atomic E-state index is -4.69. The summed E-state index contributed by atoms with van der Waals surface area (Å²) in [6, 6.07) is 16.9. The SMILES string of the molecule is CCOC(=O)C1=C(C)N=c2s/c(=C\c3ccc(Sc4nc(-c5ccccc5)cc(C(F)(F)F)n4)o3)c(=O)n2[C@H]1c1cc(Br)ccc1OC. The fourth-order valence-corrected chi connectivity index (χ4v) is 7.21. The van der Waals surface area contributed by atoms with Gasteiger partial charge in [0.05, 0.1) is 35.2 Å². The van der Waals surface area contributed by atoms with Crippen molar-refractivity contribution in [2.75, 3.05) is 13.7 Å². The maximum atomic E-state index is 14.0. The maximum Gasteiger partial charge on any atom is 0.433 e. The van der Waals surface area contributed by atoms with Crippen molar-refractivity contribution in [3.05, 3.63) is 119 Å². The largest absolute Gasteiger partial charge is 0.496 e. The number of allylic oxidation sites excluding steroid dienone is 1. The van der Waals surface area contributed by atoms with Crippen LogP contribution in [0.4, 0.5) is 13.2 Å². The molecule has 0 unspecified atom stereocenters. The average molecular weight is 758 g/mol. The first-order valence-corrected chi connectivity index (χ1v) is 16.7. The number of furan rings is 1. The lowest BCUT2D eigenvalue weighted by atomic mass is 9.95. The predicted molar refractivity (Wildman–Crippen MR) is 176 cm³/mol. The van der Waals surface area contributed by atoms with Gasteiger partial charge in [0, 0.05) is 21.7 Å². The van der Waals surface area contributed by atoms with Gasteiger partial charge in [0.2, 0.25) is 0 Å². The Labute approximate surface area is 287 Å². The van der Waals surface area contributed by atoms with E-state index in [4.69, 9.17) is 13.9 Å². The number of halogens is 4. The number of esters is 1. The number of rotatable bonds is 8. The molecule has 0 amide bonds. The monoisotopic (exact) mass is 756 g/mol. The third kappa shape index (κ3) is 6.75. The zero-order valence-corrected chi connectivity index (χ0v) is 28.6. The van der Waals surface area contributed by atoms with Gasteiger partial charge in [-0.3, -0.25) is 9.36 Å². The number of alkyl halides is 3. The van der Waals surface area contributed by atoms with Gasteiger partial charge in [0.15, 0.2) is 15.1 Å². The minimum Gasteiger partial charge on any atom is -0.496 e. The standard InChI is InChI=1S/C33H24BrF3N4O5S2/c1-4-45-30(43)27-17(2)38-32-41(28(27)21-14-19(34)10-12-23(21)44-3)29(42)24(47-32)15-20-11-13-26(46-20)48-31-39-22(18-8-6-5-7-9-18)16-25(40-31)33(35,36)37/h5-16,28H,4H2,1-3H3/b24-15-/t28-/m0/s1. The lowest BCUT2D eigenvalue weighted by Gasteiger charge is -2.26. The van der Waals surface area contributed by atoms with E-state index in [0.29, 0.717) is 31.8 Å². The molecule has 0 bridgehead atoms. The van der Waals surface area contributed by atoms with Crippen molar-refractivity contribution in [1.82, 2.24) is 14.5 Å². The van der Waals surface area contributed by atoms with Crippen LogP contribution in [0.1, 0.15) is 36.9 Å². The average Bonchev–Trinajstić information content (AvgIpc) is 3.62. The molecule has 0 saturated carbocycles. The normalized spacial score (nSPS) is 14.9. The molecule has 1 atom stereocenters. The topological polar surface area (TPSA) is 109 Å². The number of fused-ring (bicyclic) bond motifs is 1. The molecule has 6 rings (SSSR count). The Morgan fingerprint density at radius 2 is 1.90 bits per heavy atom. The highest BCUT2D eigenvalue weighted by atomic mass is 79.9. The third-order valence-corrected chi connectivity index (χ3v) is 9.40. The van der Waals surface area contributed by atoms with E-state index in [1.165, 1.54) is 17.8 Å². The van der Waals surface area contributed by atoms with Gasteiger partial charge in [0.1, 0.15) is 23.2 Å². The first-order valence-electron chi connectivity index (χ1n) is 14.3. The van der Waals surface area contributed by atoms with Crippen molar-refractivity contribution in [1.29, 1.82) is 0 Å². The van der Waals surface area contributed by atoms with E-state index >= 15 is 0 Å². The van der Waals surface area contributed by atoms with Gasteiger partial charge in [-0.1, -0.05) is 57.6 Å². The van der Waals surface area contributed by atoms with Crippen LogP contribution in [0.5, 0.6) is 5.75 Å². The number of hydrogen-bond acceptors (Lipinski definition) is 10. The van der Waals surface area contributed by atoms with Crippen LogP contribution < -0.4 is 19.6 Å². The highest BCUT2D eigenvalue weighted by Crippen LogP contribution is 2.38. The molecule has 4 heterocycles. The number of carbonyl (C=O) groups excluding carboxylic acids is 1. The minimum absolute atomic E-state index is 0.113. The molecule has 9 nitrogen and oxygen atoms in total. The number of aromatic nitrogens is 3. The molecule has 1 aliphatic rings. The molecule has 15 heteroatoms. The van der Waals surface area contributed by atoms with E-state index in [2.05, 4.69) is 30.9 Å². The summed E-state index contributed by atoms with van der Waals surface area (Å²) >= 11 is 5.39. The summed E-state index contributed by atoms with van der Waals surface area (Å²) in [6.07, 6.45) is -3.18. The molecular weight excluding hydrogens is 733 g/mol. The quantitative estimate of drug-likeness (QED) is 0.126. The van der Waals surface area contributed by atoms with Gasteiger partial charge in [-0.25, -0.2) is 19.8 Å². The number of benzene rings is 2. The van der Waals surface area contributed by atoms with Crippen LogP contribution in [0, 0.1) is 0 Å².